The van der Waals surface area contributed by atoms with Crippen LogP contribution in [-0.4, -0.2) is 36.3 Å². The summed E-state index contributed by atoms with van der Waals surface area (Å²) in [5.41, 5.74) is 1.29. The minimum atomic E-state index is -3.92. The zero-order chi connectivity index (χ0) is 19.8. The predicted octanol–water partition coefficient (Wildman–Crippen LogP) is 2.58. The minimum Gasteiger partial charge on any atom is -0.465 e. The van der Waals surface area contributed by atoms with Crippen molar-refractivity contribution in [3.05, 3.63) is 69.8 Å². The van der Waals surface area contributed by atoms with E-state index < -0.39 is 33.0 Å². The third-order valence-corrected chi connectivity index (χ3v) is 6.20. The number of hydrogen-bond donors (Lipinski definition) is 0. The van der Waals surface area contributed by atoms with Crippen LogP contribution in [0.3, 0.4) is 0 Å². The molecule has 3 atom stereocenters. The van der Waals surface area contributed by atoms with Gasteiger partial charge in [-0.25, -0.2) is 8.42 Å². The molecule has 142 valence electrons. The lowest BCUT2D eigenvalue weighted by molar-refractivity contribution is -0.384. The van der Waals surface area contributed by atoms with E-state index in [0.717, 1.165) is 9.87 Å². The molecule has 0 N–H and O–H groups in total. The van der Waals surface area contributed by atoms with Gasteiger partial charge in [0.05, 0.1) is 22.5 Å². The molecule has 1 aliphatic rings. The van der Waals surface area contributed by atoms with Crippen molar-refractivity contribution in [1.82, 2.24) is 4.31 Å². The molecule has 0 aromatic heterocycles. The largest absolute Gasteiger partial charge is 0.465 e. The third kappa shape index (κ3) is 3.56. The van der Waals surface area contributed by atoms with Gasteiger partial charge in [0.25, 0.3) is 5.69 Å². The van der Waals surface area contributed by atoms with Crippen LogP contribution in [0.5, 0.6) is 0 Å². The zero-order valence-corrected chi connectivity index (χ0v) is 15.5. The zero-order valence-electron chi connectivity index (χ0n) is 14.7. The van der Waals surface area contributed by atoms with Crippen molar-refractivity contribution in [2.45, 2.75) is 30.8 Å². The third-order valence-electron chi connectivity index (χ3n) is 4.33. The summed E-state index contributed by atoms with van der Waals surface area (Å²) in [5.74, 6) is -0.642. The van der Waals surface area contributed by atoms with Crippen LogP contribution in [-0.2, 0) is 19.6 Å². The Kier molecular flexibility index (Phi) is 4.99. The second-order valence-corrected chi connectivity index (χ2v) is 7.98. The van der Waals surface area contributed by atoms with Crippen molar-refractivity contribution >= 4 is 21.7 Å². The molecule has 2 aromatic rings. The van der Waals surface area contributed by atoms with Gasteiger partial charge in [-0.15, -0.1) is 0 Å². The Morgan fingerprint density at radius 1 is 1.15 bits per heavy atom. The van der Waals surface area contributed by atoms with Crippen LogP contribution < -0.4 is 0 Å². The van der Waals surface area contributed by atoms with Gasteiger partial charge >= 0.3 is 5.97 Å². The van der Waals surface area contributed by atoms with Crippen molar-refractivity contribution in [1.29, 1.82) is 0 Å². The first-order chi connectivity index (χ1) is 12.8. The van der Waals surface area contributed by atoms with E-state index in [1.807, 2.05) is 6.92 Å². The molecule has 3 rings (SSSR count). The molecule has 27 heavy (non-hydrogen) atoms. The average molecular weight is 390 g/mol. The maximum Gasteiger partial charge on any atom is 0.326 e. The molecule has 8 nitrogen and oxygen atoms in total. The number of carbonyl (C=O) groups excluding carboxylic acids is 1. The highest BCUT2D eigenvalue weighted by molar-refractivity contribution is 7.89. The summed E-state index contributed by atoms with van der Waals surface area (Å²) in [7, 11) is -3.92. The van der Waals surface area contributed by atoms with Crippen LogP contribution in [0.4, 0.5) is 5.69 Å². The Balaban J connectivity index is 1.97. The van der Waals surface area contributed by atoms with E-state index in [1.54, 1.807) is 19.1 Å². The summed E-state index contributed by atoms with van der Waals surface area (Å²) in [6.45, 7) is 3.61. The fourth-order valence-electron chi connectivity index (χ4n) is 2.93. The molecule has 0 aliphatic carbocycles. The Bertz CT molecular complexity index is 970. The van der Waals surface area contributed by atoms with Gasteiger partial charge in [0.2, 0.25) is 10.0 Å². The average Bonchev–Trinajstić information content (AvgIpc) is 3.39. The number of nitro benzene ring substituents is 1. The van der Waals surface area contributed by atoms with Gasteiger partial charge in [-0.05, 0) is 31.5 Å². The Labute approximate surface area is 156 Å². The first-order valence-corrected chi connectivity index (χ1v) is 9.72. The molecular formula is C18H18N2O6S. The number of benzene rings is 2. The van der Waals surface area contributed by atoms with Gasteiger partial charge in [0.1, 0.15) is 6.04 Å². The van der Waals surface area contributed by atoms with E-state index in [4.69, 9.17) is 4.74 Å². The normalized spacial score (nSPS) is 21.5. The molecule has 1 unspecified atom stereocenters. The van der Waals surface area contributed by atoms with Gasteiger partial charge in [-0.2, -0.15) is 4.31 Å². The molecule has 0 spiro atoms. The number of nitro groups is 1. The van der Waals surface area contributed by atoms with E-state index in [9.17, 15) is 23.3 Å². The molecule has 1 fully saturated rings. The van der Waals surface area contributed by atoms with Gasteiger partial charge in [0.15, 0.2) is 0 Å². The lowest BCUT2D eigenvalue weighted by Crippen LogP contribution is -2.21. The smallest absolute Gasteiger partial charge is 0.326 e. The highest BCUT2D eigenvalue weighted by atomic mass is 32.2. The standard InChI is InChI=1S/C18H18N2O6S/c1-3-26-18(21)17-16(13-6-8-14(9-7-13)20(22)23)19(17)27(24,25)15-10-4-12(2)5-11-15/h4-11,16-17H,3H2,1-2H3/t16-,17+,19?/m0/s1. The van der Waals surface area contributed by atoms with E-state index >= 15 is 0 Å². The van der Waals surface area contributed by atoms with Gasteiger partial charge in [0, 0.05) is 12.1 Å². The summed E-state index contributed by atoms with van der Waals surface area (Å²) < 4.78 is 32.1. The minimum absolute atomic E-state index is 0.0758. The van der Waals surface area contributed by atoms with Crippen molar-refractivity contribution in [2.24, 2.45) is 0 Å². The van der Waals surface area contributed by atoms with Crippen molar-refractivity contribution in [3.8, 4) is 0 Å². The fraction of sp³-hybridized carbons (Fsp3) is 0.278. The maximum atomic E-state index is 13.0. The highest BCUT2D eigenvalue weighted by Crippen LogP contribution is 2.48. The number of aryl methyl sites for hydroxylation is 1. The molecule has 1 heterocycles. The lowest BCUT2D eigenvalue weighted by atomic mass is 10.1. The molecule has 0 bridgehead atoms. The number of hydrogen-bond acceptors (Lipinski definition) is 6. The number of ether oxygens (including phenoxy) is 1. The van der Waals surface area contributed by atoms with Gasteiger partial charge < -0.3 is 4.74 Å². The first-order valence-electron chi connectivity index (χ1n) is 8.28. The molecule has 1 saturated heterocycles. The Morgan fingerprint density at radius 3 is 2.26 bits per heavy atom. The Morgan fingerprint density at radius 2 is 1.74 bits per heavy atom. The van der Waals surface area contributed by atoms with Crippen LogP contribution >= 0.6 is 0 Å². The molecule has 0 amide bonds. The Hall–Kier alpha value is -2.78. The fourth-order valence-corrected chi connectivity index (χ4v) is 4.63. The molecule has 0 saturated carbocycles. The molecule has 9 heteroatoms. The topological polar surface area (TPSA) is 107 Å². The number of rotatable bonds is 6. The molecule has 0 radical (unpaired) electrons. The summed E-state index contributed by atoms with van der Waals surface area (Å²) in [4.78, 5) is 22.6. The van der Waals surface area contributed by atoms with E-state index in [-0.39, 0.29) is 17.2 Å². The SMILES string of the molecule is CCOC(=O)[C@H]1[C@H](c2ccc([N+](=O)[O-])cc2)N1S(=O)(=O)c1ccc(C)cc1. The van der Waals surface area contributed by atoms with Crippen LogP contribution in [0.15, 0.2) is 53.4 Å². The van der Waals surface area contributed by atoms with Crippen LogP contribution in [0, 0.1) is 17.0 Å². The summed E-state index contributed by atoms with van der Waals surface area (Å²) >= 11 is 0. The second-order valence-electron chi connectivity index (χ2n) is 6.14. The number of esters is 1. The second kappa shape index (κ2) is 7.09. The first kappa shape index (κ1) is 19.0. The summed E-state index contributed by atoms with van der Waals surface area (Å²) in [6.07, 6.45) is 0. The number of sulfonamides is 1. The number of nitrogens with zero attached hydrogens (tertiary/aromatic N) is 2. The monoisotopic (exact) mass is 390 g/mol. The van der Waals surface area contributed by atoms with E-state index in [0.29, 0.717) is 5.56 Å². The van der Waals surface area contributed by atoms with Crippen LogP contribution in [0.1, 0.15) is 24.1 Å². The maximum absolute atomic E-state index is 13.0. The summed E-state index contributed by atoms with van der Waals surface area (Å²) in [6, 6.07) is 10.1. The summed E-state index contributed by atoms with van der Waals surface area (Å²) in [5, 5.41) is 10.8. The lowest BCUT2D eigenvalue weighted by Gasteiger charge is -2.07. The van der Waals surface area contributed by atoms with E-state index in [1.165, 1.54) is 36.4 Å². The molecular weight excluding hydrogens is 372 g/mol. The van der Waals surface area contributed by atoms with Crippen molar-refractivity contribution in [2.75, 3.05) is 6.61 Å². The molecule has 1 aliphatic heterocycles. The predicted molar refractivity (Wildman–Crippen MR) is 96.5 cm³/mol. The van der Waals surface area contributed by atoms with Crippen molar-refractivity contribution < 1.29 is 22.9 Å². The van der Waals surface area contributed by atoms with E-state index in [2.05, 4.69) is 0 Å². The van der Waals surface area contributed by atoms with Crippen LogP contribution in [0.2, 0.25) is 0 Å². The quantitative estimate of drug-likeness (QED) is 0.325. The molecule has 2 aromatic carbocycles. The number of non-ortho nitro benzene ring substituents is 1. The van der Waals surface area contributed by atoms with Crippen LogP contribution in [0.25, 0.3) is 0 Å². The number of carbonyl (C=O) groups is 1. The van der Waals surface area contributed by atoms with Crippen molar-refractivity contribution in [3.63, 3.8) is 0 Å². The van der Waals surface area contributed by atoms with Gasteiger partial charge in [-0.3, -0.25) is 14.9 Å². The highest BCUT2D eigenvalue weighted by Gasteiger charge is 2.61. The van der Waals surface area contributed by atoms with Gasteiger partial charge in [-0.1, -0.05) is 29.8 Å².